The standard InChI is InChI=1S/C24H25NO7S/c1-14-20(31-13-21(26)25-19(24(28)29)10-11-33-3)9-8-17-18(12-22(27)32-23(14)17)15-4-6-16(30-2)7-5-15/h4-9,12,19H,10-11,13H2,1-3H3,(H,25,26)(H,28,29)/t19-/m0/s1. The van der Waals surface area contributed by atoms with Crippen LogP contribution in [0.4, 0.5) is 0 Å². The molecule has 0 fully saturated rings. The Balaban J connectivity index is 1.83. The van der Waals surface area contributed by atoms with Crippen molar-refractivity contribution < 1.29 is 28.6 Å². The number of ether oxygens (including phenoxy) is 2. The molecule has 3 aromatic rings. The Morgan fingerprint density at radius 2 is 1.91 bits per heavy atom. The van der Waals surface area contributed by atoms with Crippen LogP contribution in [0.5, 0.6) is 11.5 Å². The van der Waals surface area contributed by atoms with Gasteiger partial charge < -0.3 is 24.3 Å². The minimum atomic E-state index is -1.09. The predicted molar refractivity (Wildman–Crippen MR) is 127 cm³/mol. The van der Waals surface area contributed by atoms with Gasteiger partial charge in [-0.15, -0.1) is 0 Å². The molecule has 0 aliphatic carbocycles. The molecular formula is C24H25NO7S. The number of hydrogen-bond acceptors (Lipinski definition) is 7. The van der Waals surface area contributed by atoms with Crippen LogP contribution in [-0.4, -0.2) is 48.8 Å². The summed E-state index contributed by atoms with van der Waals surface area (Å²) >= 11 is 1.50. The second-order valence-corrected chi connectivity index (χ2v) is 8.29. The third-order valence-electron chi connectivity index (χ3n) is 5.11. The van der Waals surface area contributed by atoms with Crippen molar-refractivity contribution in [3.63, 3.8) is 0 Å². The van der Waals surface area contributed by atoms with Gasteiger partial charge >= 0.3 is 11.6 Å². The first kappa shape index (κ1) is 24.2. The summed E-state index contributed by atoms with van der Waals surface area (Å²) in [5.41, 5.74) is 1.93. The molecular weight excluding hydrogens is 446 g/mol. The first-order chi connectivity index (χ1) is 15.8. The Bertz CT molecular complexity index is 1200. The lowest BCUT2D eigenvalue weighted by Gasteiger charge is -2.15. The molecule has 0 unspecified atom stereocenters. The number of carbonyl (C=O) groups is 2. The molecule has 174 valence electrons. The van der Waals surface area contributed by atoms with E-state index in [2.05, 4.69) is 5.32 Å². The fourth-order valence-corrected chi connectivity index (χ4v) is 3.85. The number of carboxylic acid groups (broad SMARTS) is 1. The molecule has 1 aromatic heterocycles. The Labute approximate surface area is 194 Å². The maximum Gasteiger partial charge on any atom is 0.336 e. The fourth-order valence-electron chi connectivity index (χ4n) is 3.38. The molecule has 0 saturated heterocycles. The van der Waals surface area contributed by atoms with Gasteiger partial charge in [-0.25, -0.2) is 9.59 Å². The zero-order chi connectivity index (χ0) is 24.0. The SMILES string of the molecule is COc1ccc(-c2cc(=O)oc3c(C)c(OCC(=O)N[C@@H](CCSC)C(=O)O)ccc23)cc1. The summed E-state index contributed by atoms with van der Waals surface area (Å²) in [5.74, 6) is 0.0410. The number of aryl methyl sites for hydroxylation is 1. The molecule has 3 rings (SSSR count). The molecule has 0 aliphatic rings. The number of nitrogens with one attached hydrogen (secondary N) is 1. The van der Waals surface area contributed by atoms with Gasteiger partial charge in [-0.2, -0.15) is 11.8 Å². The third-order valence-corrected chi connectivity index (χ3v) is 5.76. The molecule has 1 atom stereocenters. The van der Waals surface area contributed by atoms with Crippen LogP contribution in [0.25, 0.3) is 22.1 Å². The van der Waals surface area contributed by atoms with Crippen LogP contribution in [0.1, 0.15) is 12.0 Å². The first-order valence-electron chi connectivity index (χ1n) is 10.2. The summed E-state index contributed by atoms with van der Waals surface area (Å²) in [6.45, 7) is 1.37. The van der Waals surface area contributed by atoms with Gasteiger partial charge in [0.2, 0.25) is 0 Å². The summed E-state index contributed by atoms with van der Waals surface area (Å²) in [4.78, 5) is 35.8. The van der Waals surface area contributed by atoms with Crippen LogP contribution in [0.15, 0.2) is 51.7 Å². The van der Waals surface area contributed by atoms with Crippen molar-refractivity contribution >= 4 is 34.6 Å². The topological polar surface area (TPSA) is 115 Å². The van der Waals surface area contributed by atoms with Crippen LogP contribution in [0, 0.1) is 6.92 Å². The van der Waals surface area contributed by atoms with E-state index in [-0.39, 0.29) is 6.61 Å². The van der Waals surface area contributed by atoms with Crippen molar-refractivity contribution in [2.24, 2.45) is 0 Å². The van der Waals surface area contributed by atoms with E-state index in [1.54, 1.807) is 26.2 Å². The molecule has 1 heterocycles. The molecule has 2 aromatic carbocycles. The number of aliphatic carboxylic acids is 1. The summed E-state index contributed by atoms with van der Waals surface area (Å²) in [7, 11) is 1.58. The number of hydrogen-bond donors (Lipinski definition) is 2. The highest BCUT2D eigenvalue weighted by atomic mass is 32.2. The van der Waals surface area contributed by atoms with Crippen molar-refractivity contribution in [2.45, 2.75) is 19.4 Å². The highest BCUT2D eigenvalue weighted by Crippen LogP contribution is 2.33. The first-order valence-corrected chi connectivity index (χ1v) is 11.6. The van der Waals surface area contributed by atoms with Gasteiger partial charge in [-0.1, -0.05) is 12.1 Å². The van der Waals surface area contributed by atoms with Gasteiger partial charge in [-0.3, -0.25) is 4.79 Å². The van der Waals surface area contributed by atoms with Crippen molar-refractivity contribution in [3.8, 4) is 22.6 Å². The molecule has 1 amide bonds. The van der Waals surface area contributed by atoms with E-state index in [0.29, 0.717) is 40.4 Å². The minimum absolute atomic E-state index is 0.316. The van der Waals surface area contributed by atoms with E-state index >= 15 is 0 Å². The Hall–Kier alpha value is -3.46. The largest absolute Gasteiger partial charge is 0.497 e. The van der Waals surface area contributed by atoms with E-state index in [0.717, 1.165) is 10.9 Å². The number of rotatable bonds is 10. The smallest absolute Gasteiger partial charge is 0.336 e. The van der Waals surface area contributed by atoms with Gasteiger partial charge in [0.25, 0.3) is 5.91 Å². The average molecular weight is 472 g/mol. The normalized spacial score (nSPS) is 11.7. The van der Waals surface area contributed by atoms with Crippen molar-refractivity contribution in [3.05, 3.63) is 58.4 Å². The fraction of sp³-hybridized carbons (Fsp3) is 0.292. The Morgan fingerprint density at radius 1 is 1.18 bits per heavy atom. The number of amides is 1. The zero-order valence-electron chi connectivity index (χ0n) is 18.5. The number of benzene rings is 2. The summed E-state index contributed by atoms with van der Waals surface area (Å²) in [6, 6.07) is 11.2. The van der Waals surface area contributed by atoms with Crippen LogP contribution < -0.4 is 20.4 Å². The Morgan fingerprint density at radius 3 is 2.55 bits per heavy atom. The summed E-state index contributed by atoms with van der Waals surface area (Å²) in [6.07, 6.45) is 2.18. The zero-order valence-corrected chi connectivity index (χ0v) is 19.4. The van der Waals surface area contributed by atoms with E-state index in [1.165, 1.54) is 17.8 Å². The van der Waals surface area contributed by atoms with Gasteiger partial charge in [0.1, 0.15) is 23.1 Å². The summed E-state index contributed by atoms with van der Waals surface area (Å²) in [5, 5.41) is 12.4. The van der Waals surface area contributed by atoms with Crippen molar-refractivity contribution in [2.75, 3.05) is 25.7 Å². The molecule has 9 heteroatoms. The highest BCUT2D eigenvalue weighted by molar-refractivity contribution is 7.98. The molecule has 33 heavy (non-hydrogen) atoms. The molecule has 0 bridgehead atoms. The molecule has 0 spiro atoms. The van der Waals surface area contributed by atoms with E-state index in [9.17, 15) is 19.5 Å². The van der Waals surface area contributed by atoms with Crippen LogP contribution in [0.3, 0.4) is 0 Å². The molecule has 0 aliphatic heterocycles. The number of carbonyl (C=O) groups excluding carboxylic acids is 1. The maximum atomic E-state index is 12.2. The van der Waals surface area contributed by atoms with Crippen LogP contribution in [-0.2, 0) is 9.59 Å². The van der Waals surface area contributed by atoms with Crippen LogP contribution in [0.2, 0.25) is 0 Å². The maximum absolute atomic E-state index is 12.2. The number of carboxylic acids is 1. The highest BCUT2D eigenvalue weighted by Gasteiger charge is 2.20. The third kappa shape index (κ3) is 5.87. The van der Waals surface area contributed by atoms with E-state index < -0.39 is 23.5 Å². The van der Waals surface area contributed by atoms with Crippen LogP contribution >= 0.6 is 11.8 Å². The van der Waals surface area contributed by atoms with Gasteiger partial charge in [0, 0.05) is 17.0 Å². The van der Waals surface area contributed by atoms with Gasteiger partial charge in [-0.05, 0) is 60.7 Å². The lowest BCUT2D eigenvalue weighted by molar-refractivity contribution is -0.142. The molecule has 8 nitrogen and oxygen atoms in total. The summed E-state index contributed by atoms with van der Waals surface area (Å²) < 4.78 is 16.3. The van der Waals surface area contributed by atoms with E-state index in [4.69, 9.17) is 13.9 Å². The van der Waals surface area contributed by atoms with Gasteiger partial charge in [0.05, 0.1) is 7.11 Å². The van der Waals surface area contributed by atoms with Gasteiger partial charge in [0.15, 0.2) is 6.61 Å². The van der Waals surface area contributed by atoms with Crippen molar-refractivity contribution in [1.29, 1.82) is 0 Å². The van der Waals surface area contributed by atoms with Crippen molar-refractivity contribution in [1.82, 2.24) is 5.32 Å². The second kappa shape index (κ2) is 10.9. The second-order valence-electron chi connectivity index (χ2n) is 7.30. The number of thioether (sulfide) groups is 1. The number of methoxy groups -OCH3 is 1. The monoisotopic (exact) mass is 471 g/mol. The Kier molecular flexibility index (Phi) is 8.00. The lowest BCUT2D eigenvalue weighted by Crippen LogP contribution is -2.43. The molecule has 2 N–H and O–H groups in total. The number of fused-ring (bicyclic) bond motifs is 1. The average Bonchev–Trinajstić information content (AvgIpc) is 2.81. The quantitative estimate of drug-likeness (QED) is 0.432. The minimum Gasteiger partial charge on any atom is -0.497 e. The molecule has 0 saturated carbocycles. The van der Waals surface area contributed by atoms with E-state index in [1.807, 2.05) is 30.5 Å². The molecule has 0 radical (unpaired) electrons. The predicted octanol–water partition coefficient (Wildman–Crippen LogP) is 3.48. The lowest BCUT2D eigenvalue weighted by atomic mass is 10.00.